The average Bonchev–Trinajstić information content (AvgIpc) is 3.56. The predicted molar refractivity (Wildman–Crippen MR) is 118 cm³/mol. The van der Waals surface area contributed by atoms with Crippen LogP contribution in [-0.2, 0) is 10.0 Å². The number of nitrogens with one attached hydrogen (secondary N) is 2. The van der Waals surface area contributed by atoms with Crippen LogP contribution in [0.25, 0.3) is 0 Å². The highest BCUT2D eigenvalue weighted by Gasteiger charge is 2.29. The number of carbonyl (C=O) groups excluding carboxylic acids is 1. The molecule has 0 aromatic heterocycles. The smallest absolute Gasteiger partial charge is 0.262 e. The number of rotatable bonds is 9. The van der Waals surface area contributed by atoms with Crippen LogP contribution < -0.4 is 14.8 Å². The van der Waals surface area contributed by atoms with Gasteiger partial charge in [-0.3, -0.25) is 14.4 Å². The molecular weight excluding hydrogens is 402 g/mol. The van der Waals surface area contributed by atoms with Gasteiger partial charge in [0.2, 0.25) is 0 Å². The van der Waals surface area contributed by atoms with E-state index in [4.69, 9.17) is 4.74 Å². The summed E-state index contributed by atoms with van der Waals surface area (Å²) in [7, 11) is -0.357. The molecule has 1 fully saturated rings. The highest BCUT2D eigenvalue weighted by molar-refractivity contribution is 7.92. The molecule has 2 aromatic rings. The first-order valence-electron chi connectivity index (χ1n) is 9.99. The Morgan fingerprint density at radius 2 is 1.93 bits per heavy atom. The monoisotopic (exact) mass is 431 g/mol. The van der Waals surface area contributed by atoms with Crippen molar-refractivity contribution < 1.29 is 17.9 Å². The first-order chi connectivity index (χ1) is 14.2. The molecule has 0 spiro atoms. The molecular formula is C22H29N3O4S. The molecule has 3 rings (SSSR count). The van der Waals surface area contributed by atoms with Gasteiger partial charge in [0.05, 0.1) is 17.7 Å². The molecule has 1 aliphatic carbocycles. The van der Waals surface area contributed by atoms with Crippen molar-refractivity contribution in [3.63, 3.8) is 0 Å². The van der Waals surface area contributed by atoms with Crippen LogP contribution in [0.5, 0.6) is 5.75 Å². The van der Waals surface area contributed by atoms with E-state index in [1.54, 1.807) is 43.3 Å². The van der Waals surface area contributed by atoms with Crippen molar-refractivity contribution >= 4 is 21.6 Å². The Balaban J connectivity index is 1.75. The van der Waals surface area contributed by atoms with Gasteiger partial charge in [-0.25, -0.2) is 8.42 Å². The van der Waals surface area contributed by atoms with Gasteiger partial charge in [0, 0.05) is 24.2 Å². The first-order valence-corrected chi connectivity index (χ1v) is 11.5. The number of carbonyl (C=O) groups is 1. The van der Waals surface area contributed by atoms with Gasteiger partial charge < -0.3 is 10.1 Å². The lowest BCUT2D eigenvalue weighted by Gasteiger charge is -2.24. The molecule has 1 aliphatic rings. The summed E-state index contributed by atoms with van der Waals surface area (Å²) in [6, 6.07) is 12.3. The molecule has 1 atom stereocenters. The zero-order valence-electron chi connectivity index (χ0n) is 17.8. The summed E-state index contributed by atoms with van der Waals surface area (Å²) in [4.78, 5) is 15.0. The molecule has 162 valence electrons. The van der Waals surface area contributed by atoms with Gasteiger partial charge in [0.25, 0.3) is 15.9 Å². The number of hydrogen-bond acceptors (Lipinski definition) is 5. The van der Waals surface area contributed by atoms with Crippen molar-refractivity contribution in [3.05, 3.63) is 53.6 Å². The van der Waals surface area contributed by atoms with Crippen molar-refractivity contribution in [2.75, 3.05) is 25.4 Å². The maximum atomic E-state index is 13.0. The fourth-order valence-corrected chi connectivity index (χ4v) is 4.63. The molecule has 0 radical (unpaired) electrons. The third-order valence-electron chi connectivity index (χ3n) is 5.47. The Morgan fingerprint density at radius 1 is 1.23 bits per heavy atom. The van der Waals surface area contributed by atoms with Gasteiger partial charge in [0.1, 0.15) is 5.75 Å². The molecule has 0 bridgehead atoms. The summed E-state index contributed by atoms with van der Waals surface area (Å²) in [5.74, 6) is 0.126. The van der Waals surface area contributed by atoms with Crippen LogP contribution in [0.15, 0.2) is 47.4 Å². The van der Waals surface area contributed by atoms with Crippen molar-refractivity contribution in [1.29, 1.82) is 0 Å². The van der Waals surface area contributed by atoms with E-state index in [-0.39, 0.29) is 16.8 Å². The number of para-hydroxylation sites is 2. The van der Waals surface area contributed by atoms with E-state index in [2.05, 4.69) is 28.9 Å². The van der Waals surface area contributed by atoms with Crippen LogP contribution in [-0.4, -0.2) is 52.0 Å². The Bertz CT molecular complexity index is 1020. The lowest BCUT2D eigenvalue weighted by atomic mass is 10.1. The fraction of sp³-hybridized carbons (Fsp3) is 0.409. The molecule has 0 aliphatic heterocycles. The minimum Gasteiger partial charge on any atom is -0.495 e. The molecule has 0 heterocycles. The normalized spacial score (nSPS) is 15.0. The van der Waals surface area contributed by atoms with Crippen molar-refractivity contribution in [2.24, 2.45) is 0 Å². The number of aryl methyl sites for hydroxylation is 1. The molecule has 1 saturated carbocycles. The van der Waals surface area contributed by atoms with E-state index in [1.165, 1.54) is 26.0 Å². The van der Waals surface area contributed by atoms with Crippen LogP contribution in [0.4, 0.5) is 5.69 Å². The molecule has 2 aromatic carbocycles. The van der Waals surface area contributed by atoms with E-state index in [1.807, 2.05) is 0 Å². The Labute approximate surface area is 178 Å². The Kier molecular flexibility index (Phi) is 6.67. The summed E-state index contributed by atoms with van der Waals surface area (Å²) < 4.78 is 33.8. The molecule has 30 heavy (non-hydrogen) atoms. The summed E-state index contributed by atoms with van der Waals surface area (Å²) in [5, 5.41) is 2.91. The molecule has 7 nitrogen and oxygen atoms in total. The lowest BCUT2D eigenvalue weighted by molar-refractivity contribution is 0.0939. The predicted octanol–water partition coefficient (Wildman–Crippen LogP) is 3.02. The summed E-state index contributed by atoms with van der Waals surface area (Å²) >= 11 is 0. The zero-order valence-corrected chi connectivity index (χ0v) is 18.6. The molecule has 0 saturated heterocycles. The van der Waals surface area contributed by atoms with Crippen LogP contribution in [0.2, 0.25) is 0 Å². The first kappa shape index (κ1) is 22.1. The standard InChI is InChI=1S/C22H29N3O4S/c1-15-9-10-17(22(26)23-14-16(2)25(3)18-11-12-18)13-21(15)30(27,28)24-19-7-5-6-8-20(19)29-4/h5-10,13,16,18,24H,11-12,14H2,1-4H3,(H,23,26). The van der Waals surface area contributed by atoms with Crippen molar-refractivity contribution in [3.8, 4) is 5.75 Å². The maximum Gasteiger partial charge on any atom is 0.262 e. The largest absolute Gasteiger partial charge is 0.495 e. The van der Waals surface area contributed by atoms with Crippen molar-refractivity contribution in [1.82, 2.24) is 10.2 Å². The van der Waals surface area contributed by atoms with Gasteiger partial charge in [0.15, 0.2) is 0 Å². The topological polar surface area (TPSA) is 87.7 Å². The quantitative estimate of drug-likeness (QED) is 0.637. The second kappa shape index (κ2) is 9.06. The number of likely N-dealkylation sites (N-methyl/N-ethyl adjacent to an activating group) is 1. The van der Waals surface area contributed by atoms with Crippen LogP contribution in [0, 0.1) is 6.92 Å². The zero-order chi connectivity index (χ0) is 21.9. The highest BCUT2D eigenvalue weighted by Crippen LogP contribution is 2.28. The number of benzene rings is 2. The number of ether oxygens (including phenoxy) is 1. The third kappa shape index (κ3) is 5.12. The summed E-state index contributed by atoms with van der Waals surface area (Å²) in [5.41, 5.74) is 1.20. The number of hydrogen-bond donors (Lipinski definition) is 2. The number of nitrogens with zero attached hydrogens (tertiary/aromatic N) is 1. The third-order valence-corrected chi connectivity index (χ3v) is 6.97. The molecule has 1 unspecified atom stereocenters. The minimum absolute atomic E-state index is 0.0594. The SMILES string of the molecule is COc1ccccc1NS(=O)(=O)c1cc(C(=O)NCC(C)N(C)C2CC2)ccc1C. The summed E-state index contributed by atoms with van der Waals surface area (Å²) in [6.07, 6.45) is 2.40. The molecule has 8 heteroatoms. The van der Waals surface area contributed by atoms with E-state index in [9.17, 15) is 13.2 Å². The van der Waals surface area contributed by atoms with Gasteiger partial charge in [-0.05, 0) is 63.6 Å². The Morgan fingerprint density at radius 3 is 2.60 bits per heavy atom. The van der Waals surface area contributed by atoms with E-state index in [0.717, 1.165) is 0 Å². The highest BCUT2D eigenvalue weighted by atomic mass is 32.2. The number of sulfonamides is 1. The summed E-state index contributed by atoms with van der Waals surface area (Å²) in [6.45, 7) is 4.27. The second-order valence-corrected chi connectivity index (χ2v) is 9.39. The van der Waals surface area contributed by atoms with Crippen molar-refractivity contribution in [2.45, 2.75) is 43.7 Å². The molecule has 1 amide bonds. The molecule has 2 N–H and O–H groups in total. The maximum absolute atomic E-state index is 13.0. The lowest BCUT2D eigenvalue weighted by Crippen LogP contribution is -2.41. The number of anilines is 1. The number of methoxy groups -OCH3 is 1. The van der Waals surface area contributed by atoms with Crippen LogP contribution in [0.3, 0.4) is 0 Å². The second-order valence-electron chi connectivity index (χ2n) is 7.74. The van der Waals surface area contributed by atoms with Gasteiger partial charge >= 0.3 is 0 Å². The van der Waals surface area contributed by atoms with E-state index < -0.39 is 10.0 Å². The Hall–Kier alpha value is -2.58. The fourth-order valence-electron chi connectivity index (χ4n) is 3.29. The van der Waals surface area contributed by atoms with E-state index in [0.29, 0.717) is 35.2 Å². The number of amides is 1. The van der Waals surface area contributed by atoms with Crippen LogP contribution in [0.1, 0.15) is 35.7 Å². The van der Waals surface area contributed by atoms with Crippen LogP contribution >= 0.6 is 0 Å². The minimum atomic E-state index is -3.90. The van der Waals surface area contributed by atoms with E-state index >= 15 is 0 Å². The average molecular weight is 432 g/mol. The van der Waals surface area contributed by atoms with Gasteiger partial charge in [-0.1, -0.05) is 18.2 Å². The van der Waals surface area contributed by atoms with Gasteiger partial charge in [-0.15, -0.1) is 0 Å². The van der Waals surface area contributed by atoms with Gasteiger partial charge in [-0.2, -0.15) is 0 Å².